The molecule has 0 unspecified atom stereocenters. The maximum Gasteiger partial charge on any atom is 0.139 e. The van der Waals surface area contributed by atoms with E-state index in [-0.39, 0.29) is 5.75 Å². The van der Waals surface area contributed by atoms with Gasteiger partial charge in [0.2, 0.25) is 0 Å². The molecule has 5 heteroatoms. The summed E-state index contributed by atoms with van der Waals surface area (Å²) in [5.41, 5.74) is 4.94. The summed E-state index contributed by atoms with van der Waals surface area (Å²) in [5.74, 6) is 2.02. The summed E-state index contributed by atoms with van der Waals surface area (Å²) in [6.07, 6.45) is 0. The molecule has 0 radical (unpaired) electrons. The number of phenols is 1. The smallest absolute Gasteiger partial charge is 0.139 e. The zero-order valence-electron chi connectivity index (χ0n) is 15.3. The molecule has 0 aliphatic carbocycles. The van der Waals surface area contributed by atoms with Crippen LogP contribution >= 0.6 is 0 Å². The Labute approximate surface area is 157 Å². The van der Waals surface area contributed by atoms with E-state index in [0.29, 0.717) is 6.54 Å². The van der Waals surface area contributed by atoms with Crippen LogP contribution in [0, 0.1) is 6.92 Å². The first-order chi connectivity index (χ1) is 13.2. The fourth-order valence-corrected chi connectivity index (χ4v) is 3.17. The molecule has 4 rings (SSSR count). The summed E-state index contributed by atoms with van der Waals surface area (Å²) in [6.45, 7) is 2.73. The van der Waals surface area contributed by atoms with Gasteiger partial charge >= 0.3 is 0 Å². The van der Waals surface area contributed by atoms with E-state index in [1.165, 1.54) is 0 Å². The fourth-order valence-electron chi connectivity index (χ4n) is 3.17. The molecule has 2 aromatic heterocycles. The molecule has 136 valence electrons. The topological polar surface area (TPSA) is 58.8 Å². The van der Waals surface area contributed by atoms with Crippen molar-refractivity contribution in [3.63, 3.8) is 0 Å². The van der Waals surface area contributed by atoms with Gasteiger partial charge in [0.05, 0.1) is 7.11 Å². The molecule has 27 heavy (non-hydrogen) atoms. The SMILES string of the molecule is COc1ccc(CNc2c(-c3ccc(O)cc3)nc3cccc(C)n23)cc1. The molecular weight excluding hydrogens is 338 g/mol. The van der Waals surface area contributed by atoms with Crippen molar-refractivity contribution >= 4 is 11.5 Å². The highest BCUT2D eigenvalue weighted by Gasteiger charge is 2.15. The predicted octanol–water partition coefficient (Wildman–Crippen LogP) is 4.64. The summed E-state index contributed by atoms with van der Waals surface area (Å²) in [6, 6.07) is 21.2. The van der Waals surface area contributed by atoms with Crippen LogP contribution in [0.25, 0.3) is 16.9 Å². The highest BCUT2D eigenvalue weighted by molar-refractivity contribution is 5.77. The van der Waals surface area contributed by atoms with Crippen LogP contribution in [0.15, 0.2) is 66.7 Å². The van der Waals surface area contributed by atoms with Gasteiger partial charge in [-0.2, -0.15) is 0 Å². The van der Waals surface area contributed by atoms with Gasteiger partial charge in [-0.1, -0.05) is 18.2 Å². The van der Waals surface area contributed by atoms with Crippen molar-refractivity contribution in [1.29, 1.82) is 0 Å². The zero-order valence-corrected chi connectivity index (χ0v) is 15.3. The number of aromatic hydroxyl groups is 1. The first-order valence-electron chi connectivity index (χ1n) is 8.80. The minimum atomic E-state index is 0.242. The van der Waals surface area contributed by atoms with Crippen molar-refractivity contribution in [2.45, 2.75) is 13.5 Å². The Hall–Kier alpha value is -3.47. The number of pyridine rings is 1. The number of hydrogen-bond acceptors (Lipinski definition) is 4. The van der Waals surface area contributed by atoms with E-state index >= 15 is 0 Å². The summed E-state index contributed by atoms with van der Waals surface area (Å²) in [4.78, 5) is 4.81. The number of aromatic nitrogens is 2. The second-order valence-electron chi connectivity index (χ2n) is 6.42. The lowest BCUT2D eigenvalue weighted by Crippen LogP contribution is -2.04. The minimum absolute atomic E-state index is 0.242. The molecule has 0 aliphatic rings. The van der Waals surface area contributed by atoms with Gasteiger partial charge in [-0.05, 0) is 61.0 Å². The average Bonchev–Trinajstić information content (AvgIpc) is 3.07. The van der Waals surface area contributed by atoms with E-state index in [9.17, 15) is 5.11 Å². The third-order valence-corrected chi connectivity index (χ3v) is 4.60. The third-order valence-electron chi connectivity index (χ3n) is 4.60. The van der Waals surface area contributed by atoms with Gasteiger partial charge in [0, 0.05) is 17.8 Å². The number of anilines is 1. The third kappa shape index (κ3) is 3.31. The molecule has 2 aromatic carbocycles. The number of aryl methyl sites for hydroxylation is 1. The number of hydrogen-bond donors (Lipinski definition) is 2. The number of nitrogens with one attached hydrogen (secondary N) is 1. The van der Waals surface area contributed by atoms with E-state index < -0.39 is 0 Å². The highest BCUT2D eigenvalue weighted by Crippen LogP contribution is 2.31. The maximum atomic E-state index is 9.60. The van der Waals surface area contributed by atoms with E-state index in [4.69, 9.17) is 9.72 Å². The number of phenolic OH excluding ortho intramolecular Hbond substituents is 1. The lowest BCUT2D eigenvalue weighted by atomic mass is 10.1. The number of benzene rings is 2. The molecular formula is C22H21N3O2. The van der Waals surface area contributed by atoms with E-state index in [0.717, 1.165) is 39.7 Å². The molecule has 0 spiro atoms. The fraction of sp³-hybridized carbons (Fsp3) is 0.136. The second kappa shape index (κ2) is 7.03. The maximum absolute atomic E-state index is 9.60. The van der Waals surface area contributed by atoms with Crippen LogP contribution < -0.4 is 10.1 Å². The molecule has 0 aliphatic heterocycles. The number of imidazole rings is 1. The lowest BCUT2D eigenvalue weighted by Gasteiger charge is -2.11. The molecule has 0 saturated heterocycles. The first-order valence-corrected chi connectivity index (χ1v) is 8.80. The largest absolute Gasteiger partial charge is 0.508 e. The average molecular weight is 359 g/mol. The van der Waals surface area contributed by atoms with Crippen molar-refractivity contribution in [3.05, 3.63) is 78.0 Å². The van der Waals surface area contributed by atoms with E-state index in [1.54, 1.807) is 19.2 Å². The van der Waals surface area contributed by atoms with Crippen molar-refractivity contribution in [2.75, 3.05) is 12.4 Å². The van der Waals surface area contributed by atoms with Crippen molar-refractivity contribution in [3.8, 4) is 22.8 Å². The Kier molecular flexibility index (Phi) is 4.42. The highest BCUT2D eigenvalue weighted by atomic mass is 16.5. The summed E-state index contributed by atoms with van der Waals surface area (Å²) in [7, 11) is 1.67. The van der Waals surface area contributed by atoms with Crippen molar-refractivity contribution < 1.29 is 9.84 Å². The van der Waals surface area contributed by atoms with Gasteiger partial charge < -0.3 is 15.2 Å². The quantitative estimate of drug-likeness (QED) is 0.545. The first kappa shape index (κ1) is 17.0. The molecule has 5 nitrogen and oxygen atoms in total. The van der Waals surface area contributed by atoms with Crippen LogP contribution in [-0.2, 0) is 6.54 Å². The summed E-state index contributed by atoms with van der Waals surface area (Å²) in [5, 5.41) is 13.1. The van der Waals surface area contributed by atoms with E-state index in [2.05, 4.69) is 22.7 Å². The molecule has 2 heterocycles. The van der Waals surface area contributed by atoms with Crippen LogP contribution in [-0.4, -0.2) is 21.6 Å². The number of nitrogens with zero attached hydrogens (tertiary/aromatic N) is 2. The Morgan fingerprint density at radius 1 is 1.00 bits per heavy atom. The minimum Gasteiger partial charge on any atom is -0.508 e. The normalized spacial score (nSPS) is 10.9. The monoisotopic (exact) mass is 359 g/mol. The molecule has 2 N–H and O–H groups in total. The number of fused-ring (bicyclic) bond motifs is 1. The molecule has 0 saturated carbocycles. The second-order valence-corrected chi connectivity index (χ2v) is 6.42. The Bertz CT molecular complexity index is 1070. The summed E-state index contributed by atoms with van der Waals surface area (Å²) < 4.78 is 7.34. The predicted molar refractivity (Wildman–Crippen MR) is 107 cm³/mol. The van der Waals surface area contributed by atoms with Gasteiger partial charge in [0.1, 0.15) is 28.7 Å². The van der Waals surface area contributed by atoms with Gasteiger partial charge in [-0.25, -0.2) is 4.98 Å². The zero-order chi connectivity index (χ0) is 18.8. The van der Waals surface area contributed by atoms with Crippen LogP contribution in [0.3, 0.4) is 0 Å². The number of rotatable bonds is 5. The molecule has 0 bridgehead atoms. The van der Waals surface area contributed by atoms with Crippen molar-refractivity contribution in [1.82, 2.24) is 9.38 Å². The van der Waals surface area contributed by atoms with Crippen LogP contribution in [0.4, 0.5) is 5.82 Å². The molecule has 0 fully saturated rings. The summed E-state index contributed by atoms with van der Waals surface area (Å²) >= 11 is 0. The molecule has 0 amide bonds. The van der Waals surface area contributed by atoms with Gasteiger partial charge in [-0.3, -0.25) is 4.40 Å². The van der Waals surface area contributed by atoms with Gasteiger partial charge in [0.15, 0.2) is 0 Å². The Morgan fingerprint density at radius 3 is 2.44 bits per heavy atom. The van der Waals surface area contributed by atoms with Crippen LogP contribution in [0.1, 0.15) is 11.3 Å². The van der Waals surface area contributed by atoms with Gasteiger partial charge in [-0.15, -0.1) is 0 Å². The van der Waals surface area contributed by atoms with Crippen LogP contribution in [0.2, 0.25) is 0 Å². The standard InChI is InChI=1S/C22H21N3O2/c1-15-4-3-5-20-24-21(17-8-10-18(26)11-9-17)22(25(15)20)23-14-16-6-12-19(27-2)13-7-16/h3-13,23,26H,14H2,1-2H3. The number of methoxy groups -OCH3 is 1. The van der Waals surface area contributed by atoms with Crippen molar-refractivity contribution in [2.24, 2.45) is 0 Å². The number of ether oxygens (including phenoxy) is 1. The molecule has 0 atom stereocenters. The van der Waals surface area contributed by atoms with E-state index in [1.807, 2.05) is 48.5 Å². The Balaban J connectivity index is 1.74. The lowest BCUT2D eigenvalue weighted by molar-refractivity contribution is 0.414. The molecule has 4 aromatic rings. The Morgan fingerprint density at radius 2 is 1.74 bits per heavy atom. The van der Waals surface area contributed by atoms with Crippen LogP contribution in [0.5, 0.6) is 11.5 Å². The van der Waals surface area contributed by atoms with Gasteiger partial charge in [0.25, 0.3) is 0 Å².